The van der Waals surface area contributed by atoms with E-state index in [0.717, 1.165) is 22.6 Å². The summed E-state index contributed by atoms with van der Waals surface area (Å²) in [4.78, 5) is 11.6. The summed E-state index contributed by atoms with van der Waals surface area (Å²) < 4.78 is 2.14. The van der Waals surface area contributed by atoms with Crippen molar-refractivity contribution < 1.29 is 4.79 Å². The van der Waals surface area contributed by atoms with Crippen LogP contribution in [-0.2, 0) is 5.41 Å². The summed E-state index contributed by atoms with van der Waals surface area (Å²) in [7, 11) is 0. The molecule has 0 spiro atoms. The van der Waals surface area contributed by atoms with Gasteiger partial charge >= 0.3 is 0 Å². The van der Waals surface area contributed by atoms with Gasteiger partial charge in [0.1, 0.15) is 0 Å². The summed E-state index contributed by atoms with van der Waals surface area (Å²) in [5, 5.41) is 0. The minimum atomic E-state index is 0.121. The fourth-order valence-corrected chi connectivity index (χ4v) is 2.63. The van der Waals surface area contributed by atoms with Gasteiger partial charge in [0.05, 0.1) is 0 Å². The second-order valence-electron chi connectivity index (χ2n) is 6.47. The van der Waals surface area contributed by atoms with Gasteiger partial charge in [-0.2, -0.15) is 0 Å². The number of rotatable bonds is 2. The lowest BCUT2D eigenvalue weighted by molar-refractivity contribution is 0.101. The smallest absolute Gasteiger partial charge is 0.161 e. The van der Waals surface area contributed by atoms with Gasteiger partial charge in [-0.05, 0) is 49.9 Å². The Balaban J connectivity index is 2.50. The van der Waals surface area contributed by atoms with Gasteiger partial charge in [0.25, 0.3) is 0 Å². The SMILES string of the molecule is CC(=O)c1cc(C)n(-c2ccc(C(C)(C)C)cc2)c1C. The lowest BCUT2D eigenvalue weighted by Crippen LogP contribution is -2.11. The maximum absolute atomic E-state index is 11.6. The number of benzene rings is 1. The molecule has 0 saturated heterocycles. The molecule has 0 bridgehead atoms. The number of aromatic nitrogens is 1. The second-order valence-corrected chi connectivity index (χ2v) is 6.47. The number of carbonyl (C=O) groups excluding carboxylic acids is 1. The molecule has 2 aromatic rings. The van der Waals surface area contributed by atoms with Crippen LogP contribution in [0.1, 0.15) is 55.0 Å². The fourth-order valence-electron chi connectivity index (χ4n) is 2.63. The Morgan fingerprint density at radius 3 is 2.00 bits per heavy atom. The van der Waals surface area contributed by atoms with Gasteiger partial charge in [0, 0.05) is 22.6 Å². The first kappa shape index (κ1) is 14.6. The second kappa shape index (κ2) is 4.93. The first-order chi connectivity index (χ1) is 9.21. The van der Waals surface area contributed by atoms with E-state index in [1.807, 2.05) is 19.9 Å². The highest BCUT2D eigenvalue weighted by Gasteiger charge is 2.16. The van der Waals surface area contributed by atoms with Gasteiger partial charge in [0.15, 0.2) is 5.78 Å². The summed E-state index contributed by atoms with van der Waals surface area (Å²) in [5.41, 5.74) is 5.50. The van der Waals surface area contributed by atoms with Crippen LogP contribution in [0.25, 0.3) is 5.69 Å². The number of Topliss-reactive ketones (excluding diaryl/α,β-unsaturated/α-hetero) is 1. The van der Waals surface area contributed by atoms with Gasteiger partial charge in [0.2, 0.25) is 0 Å². The summed E-state index contributed by atoms with van der Waals surface area (Å²) in [6.45, 7) is 12.3. The van der Waals surface area contributed by atoms with E-state index in [-0.39, 0.29) is 11.2 Å². The average molecular weight is 269 g/mol. The van der Waals surface area contributed by atoms with Crippen LogP contribution >= 0.6 is 0 Å². The molecule has 2 nitrogen and oxygen atoms in total. The Kier molecular flexibility index (Phi) is 3.59. The number of carbonyl (C=O) groups is 1. The number of hydrogen-bond acceptors (Lipinski definition) is 1. The van der Waals surface area contributed by atoms with Crippen LogP contribution in [0.5, 0.6) is 0 Å². The Morgan fingerprint density at radius 1 is 1.05 bits per heavy atom. The molecule has 0 saturated carbocycles. The van der Waals surface area contributed by atoms with Crippen LogP contribution in [0.3, 0.4) is 0 Å². The topological polar surface area (TPSA) is 22.0 Å². The largest absolute Gasteiger partial charge is 0.318 e. The zero-order chi connectivity index (χ0) is 15.1. The first-order valence-corrected chi connectivity index (χ1v) is 7.02. The maximum atomic E-state index is 11.6. The predicted octanol–water partition coefficient (Wildman–Crippen LogP) is 4.59. The molecule has 0 atom stereocenters. The van der Waals surface area contributed by atoms with E-state index in [4.69, 9.17) is 0 Å². The number of hydrogen-bond donors (Lipinski definition) is 0. The van der Waals surface area contributed by atoms with Crippen molar-refractivity contribution in [1.82, 2.24) is 4.57 Å². The van der Waals surface area contributed by atoms with Crippen molar-refractivity contribution in [3.05, 3.63) is 52.8 Å². The van der Waals surface area contributed by atoms with Crippen LogP contribution in [0.15, 0.2) is 30.3 Å². The van der Waals surface area contributed by atoms with Gasteiger partial charge in [-0.15, -0.1) is 0 Å². The standard InChI is InChI=1S/C18H23NO/c1-12-11-17(14(3)20)13(2)19(12)16-9-7-15(8-10-16)18(4,5)6/h7-11H,1-6H3. The zero-order valence-corrected chi connectivity index (χ0v) is 13.2. The summed E-state index contributed by atoms with van der Waals surface area (Å²) in [5.74, 6) is 0.121. The Morgan fingerprint density at radius 2 is 1.60 bits per heavy atom. The Labute approximate surface area is 121 Å². The maximum Gasteiger partial charge on any atom is 0.161 e. The molecule has 20 heavy (non-hydrogen) atoms. The van der Waals surface area contributed by atoms with Crippen LogP contribution in [0.4, 0.5) is 0 Å². The normalized spacial score (nSPS) is 11.7. The minimum Gasteiger partial charge on any atom is -0.318 e. The van der Waals surface area contributed by atoms with Gasteiger partial charge in [-0.25, -0.2) is 0 Å². The Bertz CT molecular complexity index is 639. The molecular weight excluding hydrogens is 246 g/mol. The number of ketones is 1. The molecule has 0 aliphatic heterocycles. The van der Waals surface area contributed by atoms with Crippen molar-refractivity contribution in [2.45, 2.75) is 47.0 Å². The molecule has 0 fully saturated rings. The zero-order valence-electron chi connectivity index (χ0n) is 13.2. The third-order valence-corrected chi connectivity index (χ3v) is 3.80. The van der Waals surface area contributed by atoms with E-state index in [9.17, 15) is 4.79 Å². The van der Waals surface area contributed by atoms with Crippen molar-refractivity contribution in [3.63, 3.8) is 0 Å². The molecule has 2 heteroatoms. The Hall–Kier alpha value is -1.83. The molecular formula is C18H23NO. The molecule has 0 amide bonds. The van der Waals surface area contributed by atoms with Crippen molar-refractivity contribution in [2.24, 2.45) is 0 Å². The highest BCUT2D eigenvalue weighted by Crippen LogP contribution is 2.25. The van der Waals surface area contributed by atoms with E-state index in [0.29, 0.717) is 0 Å². The first-order valence-electron chi connectivity index (χ1n) is 7.02. The van der Waals surface area contributed by atoms with Gasteiger partial charge in [-0.3, -0.25) is 4.79 Å². The van der Waals surface area contributed by atoms with E-state index in [2.05, 4.69) is 49.6 Å². The van der Waals surface area contributed by atoms with Gasteiger partial charge < -0.3 is 4.57 Å². The fraction of sp³-hybridized carbons (Fsp3) is 0.389. The van der Waals surface area contributed by atoms with Crippen molar-refractivity contribution >= 4 is 5.78 Å². The molecule has 1 heterocycles. The molecule has 0 N–H and O–H groups in total. The molecule has 2 rings (SSSR count). The van der Waals surface area contributed by atoms with Crippen molar-refractivity contribution in [3.8, 4) is 5.69 Å². The lowest BCUT2D eigenvalue weighted by Gasteiger charge is -2.20. The van der Waals surface area contributed by atoms with Crippen LogP contribution in [0.2, 0.25) is 0 Å². The molecule has 106 valence electrons. The third-order valence-electron chi connectivity index (χ3n) is 3.80. The van der Waals surface area contributed by atoms with Crippen molar-refractivity contribution in [1.29, 1.82) is 0 Å². The molecule has 0 radical (unpaired) electrons. The molecule has 0 aliphatic carbocycles. The minimum absolute atomic E-state index is 0.121. The molecule has 1 aromatic carbocycles. The third kappa shape index (κ3) is 2.55. The highest BCUT2D eigenvalue weighted by molar-refractivity contribution is 5.95. The van der Waals surface area contributed by atoms with Gasteiger partial charge in [-0.1, -0.05) is 32.9 Å². The highest BCUT2D eigenvalue weighted by atomic mass is 16.1. The summed E-state index contributed by atoms with van der Waals surface area (Å²) >= 11 is 0. The van der Waals surface area contributed by atoms with E-state index in [1.54, 1.807) is 6.92 Å². The van der Waals surface area contributed by atoms with Crippen LogP contribution < -0.4 is 0 Å². The average Bonchev–Trinajstić information content (AvgIpc) is 2.64. The number of aryl methyl sites for hydroxylation is 1. The summed E-state index contributed by atoms with van der Waals surface area (Å²) in [6.07, 6.45) is 0. The molecule has 0 unspecified atom stereocenters. The quantitative estimate of drug-likeness (QED) is 0.731. The van der Waals surface area contributed by atoms with E-state index in [1.165, 1.54) is 5.56 Å². The van der Waals surface area contributed by atoms with E-state index >= 15 is 0 Å². The molecule has 1 aromatic heterocycles. The van der Waals surface area contributed by atoms with Crippen molar-refractivity contribution in [2.75, 3.05) is 0 Å². The monoisotopic (exact) mass is 269 g/mol. The van der Waals surface area contributed by atoms with Crippen LogP contribution in [-0.4, -0.2) is 10.4 Å². The summed E-state index contributed by atoms with van der Waals surface area (Å²) in [6, 6.07) is 10.6. The molecule has 0 aliphatic rings. The lowest BCUT2D eigenvalue weighted by atomic mass is 9.87. The number of nitrogens with zero attached hydrogens (tertiary/aromatic N) is 1. The van der Waals surface area contributed by atoms with E-state index < -0.39 is 0 Å². The van der Waals surface area contributed by atoms with Crippen LogP contribution in [0, 0.1) is 13.8 Å². The predicted molar refractivity (Wildman–Crippen MR) is 83.9 cm³/mol.